The fraction of sp³-hybridized carbons (Fsp3) is 0.348. The zero-order valence-corrected chi connectivity index (χ0v) is 16.9. The maximum Gasteiger partial charge on any atom is 0.499 e. The zero-order chi connectivity index (χ0) is 22.9. The minimum absolute atomic E-state index is 0.226. The van der Waals surface area contributed by atoms with Gasteiger partial charge in [-0.1, -0.05) is 30.3 Å². The molecule has 3 aromatic rings. The van der Waals surface area contributed by atoms with Gasteiger partial charge in [0, 0.05) is 24.5 Å². The Morgan fingerprint density at radius 1 is 0.969 bits per heavy atom. The van der Waals surface area contributed by atoms with Crippen molar-refractivity contribution in [1.29, 1.82) is 0 Å². The molecule has 169 valence electrons. The van der Waals surface area contributed by atoms with E-state index in [-0.39, 0.29) is 11.8 Å². The van der Waals surface area contributed by atoms with Crippen molar-refractivity contribution < 1.29 is 31.8 Å². The highest BCUT2D eigenvalue weighted by Gasteiger charge is 2.61. The number of benzene rings is 2. The lowest BCUT2D eigenvalue weighted by atomic mass is 9.89. The van der Waals surface area contributed by atoms with Crippen molar-refractivity contribution in [3.05, 3.63) is 60.2 Å². The van der Waals surface area contributed by atoms with Crippen molar-refractivity contribution in [3.63, 3.8) is 0 Å². The minimum atomic E-state index is -5.78. The van der Waals surface area contributed by atoms with E-state index in [1.165, 1.54) is 18.2 Å². The molecule has 1 radical (unpaired) electrons. The van der Waals surface area contributed by atoms with Crippen LogP contribution in [0.4, 0.5) is 27.6 Å². The SMILES string of the molecule is [O]c1cc(N2CCC(Cc3cccc(OC(F)(F)C(F)(F)F)c3)CC2)c2ccccc2n1. The Kier molecular flexibility index (Phi) is 5.83. The fourth-order valence-corrected chi connectivity index (χ4v) is 4.05. The van der Waals surface area contributed by atoms with Crippen molar-refractivity contribution >= 4 is 16.6 Å². The van der Waals surface area contributed by atoms with Gasteiger partial charge >= 0.3 is 12.3 Å². The number of pyridine rings is 1. The summed E-state index contributed by atoms with van der Waals surface area (Å²) in [7, 11) is 0. The number of piperidine rings is 1. The first-order chi connectivity index (χ1) is 15.1. The molecule has 1 aliphatic heterocycles. The third-order valence-corrected chi connectivity index (χ3v) is 5.62. The number of fused-ring (bicyclic) bond motifs is 1. The van der Waals surface area contributed by atoms with E-state index >= 15 is 0 Å². The Bertz CT molecular complexity index is 1100. The molecule has 32 heavy (non-hydrogen) atoms. The van der Waals surface area contributed by atoms with E-state index < -0.39 is 18.0 Å². The Balaban J connectivity index is 1.41. The molecule has 0 N–H and O–H groups in total. The van der Waals surface area contributed by atoms with Crippen LogP contribution in [-0.2, 0) is 11.5 Å². The van der Waals surface area contributed by atoms with Crippen molar-refractivity contribution in [3.8, 4) is 11.6 Å². The van der Waals surface area contributed by atoms with Gasteiger partial charge in [0.1, 0.15) is 5.75 Å². The van der Waals surface area contributed by atoms with E-state index in [1.807, 2.05) is 18.2 Å². The number of ether oxygens (including phenoxy) is 1. The first-order valence-electron chi connectivity index (χ1n) is 10.2. The maximum atomic E-state index is 13.2. The summed E-state index contributed by atoms with van der Waals surface area (Å²) in [6.45, 7) is 1.39. The van der Waals surface area contributed by atoms with Crippen LogP contribution in [-0.4, -0.2) is 30.4 Å². The van der Waals surface area contributed by atoms with Crippen LogP contribution in [0, 0.1) is 5.92 Å². The fourth-order valence-electron chi connectivity index (χ4n) is 4.05. The molecule has 4 nitrogen and oxygen atoms in total. The van der Waals surface area contributed by atoms with E-state index in [9.17, 15) is 27.1 Å². The predicted octanol–water partition coefficient (Wildman–Crippen LogP) is 6.37. The van der Waals surface area contributed by atoms with Crippen LogP contribution in [0.1, 0.15) is 18.4 Å². The van der Waals surface area contributed by atoms with Crippen LogP contribution in [0.3, 0.4) is 0 Å². The van der Waals surface area contributed by atoms with Crippen LogP contribution in [0.25, 0.3) is 10.9 Å². The van der Waals surface area contributed by atoms with Crippen molar-refractivity contribution in [2.45, 2.75) is 31.5 Å². The molecule has 0 aliphatic carbocycles. The molecular formula is C23H20F5N2O2. The number of hydrogen-bond acceptors (Lipinski definition) is 3. The van der Waals surface area contributed by atoms with Crippen molar-refractivity contribution in [2.75, 3.05) is 18.0 Å². The molecule has 0 bridgehead atoms. The summed E-state index contributed by atoms with van der Waals surface area (Å²) in [5.74, 6) is -0.591. The lowest BCUT2D eigenvalue weighted by molar-refractivity contribution is -0.360. The monoisotopic (exact) mass is 451 g/mol. The van der Waals surface area contributed by atoms with Crippen molar-refractivity contribution in [1.82, 2.24) is 4.98 Å². The summed E-state index contributed by atoms with van der Waals surface area (Å²) >= 11 is 0. The molecule has 1 fully saturated rings. The van der Waals surface area contributed by atoms with Crippen molar-refractivity contribution in [2.24, 2.45) is 5.92 Å². The Hall–Kier alpha value is -3.10. The molecule has 0 unspecified atom stereocenters. The summed E-state index contributed by atoms with van der Waals surface area (Å²) in [4.78, 5) is 6.16. The van der Waals surface area contributed by atoms with Gasteiger partial charge in [-0.25, -0.2) is 4.98 Å². The number of anilines is 1. The highest BCUT2D eigenvalue weighted by molar-refractivity contribution is 5.92. The second kappa shape index (κ2) is 8.44. The largest absolute Gasteiger partial charge is 0.499 e. The number of para-hydroxylation sites is 1. The molecule has 0 atom stereocenters. The average Bonchev–Trinajstić information content (AvgIpc) is 2.73. The summed E-state index contributed by atoms with van der Waals surface area (Å²) in [5.41, 5.74) is 2.11. The second-order valence-corrected chi connectivity index (χ2v) is 7.90. The highest BCUT2D eigenvalue weighted by Crippen LogP contribution is 2.38. The van der Waals surface area contributed by atoms with E-state index in [4.69, 9.17) is 0 Å². The van der Waals surface area contributed by atoms with Gasteiger partial charge in [-0.05, 0) is 48.9 Å². The second-order valence-electron chi connectivity index (χ2n) is 7.90. The Labute approximate surface area is 181 Å². The summed E-state index contributed by atoms with van der Waals surface area (Å²) in [6.07, 6.45) is -8.92. The van der Waals surface area contributed by atoms with Gasteiger partial charge in [0.25, 0.3) is 5.88 Å². The lowest BCUT2D eigenvalue weighted by Crippen LogP contribution is -2.41. The quantitative estimate of drug-likeness (QED) is 0.424. The van der Waals surface area contributed by atoms with Crippen LogP contribution in [0.15, 0.2) is 54.6 Å². The number of alkyl halides is 5. The summed E-state index contributed by atoms with van der Waals surface area (Å²) < 4.78 is 67.4. The first-order valence-corrected chi connectivity index (χ1v) is 10.2. The van der Waals surface area contributed by atoms with Crippen LogP contribution >= 0.6 is 0 Å². The van der Waals surface area contributed by atoms with Crippen LogP contribution in [0.2, 0.25) is 0 Å². The third kappa shape index (κ3) is 4.71. The molecular weight excluding hydrogens is 431 g/mol. The van der Waals surface area contributed by atoms with Gasteiger partial charge < -0.3 is 9.64 Å². The Morgan fingerprint density at radius 2 is 1.69 bits per heavy atom. The van der Waals surface area contributed by atoms with E-state index in [2.05, 4.69) is 14.6 Å². The van der Waals surface area contributed by atoms with E-state index in [1.54, 1.807) is 12.1 Å². The molecule has 2 aromatic carbocycles. The summed E-state index contributed by atoms with van der Waals surface area (Å²) in [5, 5.41) is 12.9. The normalized spacial score (nSPS) is 15.8. The molecule has 0 saturated carbocycles. The molecule has 9 heteroatoms. The molecule has 2 heterocycles. The minimum Gasteiger partial charge on any atom is -0.426 e. The van der Waals surface area contributed by atoms with Gasteiger partial charge in [-0.2, -0.15) is 22.0 Å². The van der Waals surface area contributed by atoms with Gasteiger partial charge in [-0.3, -0.25) is 5.11 Å². The first kappa shape index (κ1) is 22.1. The van der Waals surface area contributed by atoms with Gasteiger partial charge in [0.15, 0.2) is 0 Å². The molecule has 1 saturated heterocycles. The lowest BCUT2D eigenvalue weighted by Gasteiger charge is -2.34. The standard InChI is InChI=1S/C23H20F5N2O2/c24-22(25,26)23(27,28)32-17-5-3-4-16(13-17)12-15-8-10-30(11-9-15)20-14-21(31)29-19-7-2-1-6-18(19)20/h1-7,13-15H,8-12H2. The molecule has 0 spiro atoms. The maximum absolute atomic E-state index is 13.2. The molecule has 4 rings (SSSR count). The predicted molar refractivity (Wildman–Crippen MR) is 109 cm³/mol. The number of rotatable bonds is 5. The van der Waals surface area contributed by atoms with Crippen LogP contribution in [0.5, 0.6) is 11.6 Å². The average molecular weight is 451 g/mol. The number of halogens is 5. The number of hydrogen-bond donors (Lipinski definition) is 0. The molecule has 1 aromatic heterocycles. The van der Waals surface area contributed by atoms with E-state index in [0.29, 0.717) is 30.6 Å². The van der Waals surface area contributed by atoms with Crippen LogP contribution < -0.4 is 9.64 Å². The van der Waals surface area contributed by atoms with E-state index in [0.717, 1.165) is 30.0 Å². The number of aromatic nitrogens is 1. The smallest absolute Gasteiger partial charge is 0.426 e. The summed E-state index contributed by atoms with van der Waals surface area (Å²) in [6, 6.07) is 14.4. The van der Waals surface area contributed by atoms with Gasteiger partial charge in [0.2, 0.25) is 0 Å². The molecule has 0 amide bonds. The zero-order valence-electron chi connectivity index (χ0n) is 16.9. The van der Waals surface area contributed by atoms with Gasteiger partial charge in [-0.15, -0.1) is 0 Å². The highest BCUT2D eigenvalue weighted by atomic mass is 19.4. The third-order valence-electron chi connectivity index (χ3n) is 5.62. The topological polar surface area (TPSA) is 45.3 Å². The molecule has 1 aliphatic rings. The Morgan fingerprint density at radius 3 is 2.41 bits per heavy atom. The number of nitrogens with zero attached hydrogens (tertiary/aromatic N) is 2. The van der Waals surface area contributed by atoms with Gasteiger partial charge in [0.05, 0.1) is 11.2 Å².